The molecule has 5 heteroatoms. The zero-order valence-electron chi connectivity index (χ0n) is 11.5. The summed E-state index contributed by atoms with van der Waals surface area (Å²) in [7, 11) is 0. The van der Waals surface area contributed by atoms with Crippen molar-refractivity contribution in [1.82, 2.24) is 0 Å². The minimum Gasteiger partial charge on any atom is -0.326 e. The van der Waals surface area contributed by atoms with Crippen LogP contribution < -0.4 is 16.4 Å². The number of benzene rings is 1. The first-order chi connectivity index (χ1) is 9.06. The molecule has 0 saturated carbocycles. The first-order valence-corrected chi connectivity index (χ1v) is 6.47. The second-order valence-corrected chi connectivity index (χ2v) is 4.43. The van der Waals surface area contributed by atoms with Crippen LogP contribution >= 0.6 is 0 Å². The van der Waals surface area contributed by atoms with Crippen LogP contribution in [0.2, 0.25) is 0 Å². The Balaban J connectivity index is 2.74. The molecule has 1 aromatic rings. The molecule has 0 aromatic heterocycles. The van der Waals surface area contributed by atoms with Crippen molar-refractivity contribution in [3.63, 3.8) is 0 Å². The SMILES string of the molecule is CCCCC(=O)Nc1cc(NC(=O)CN)ccc1C. The van der Waals surface area contributed by atoms with Gasteiger partial charge in [0, 0.05) is 17.8 Å². The zero-order valence-corrected chi connectivity index (χ0v) is 11.5. The van der Waals surface area contributed by atoms with Gasteiger partial charge < -0.3 is 16.4 Å². The van der Waals surface area contributed by atoms with E-state index in [1.807, 2.05) is 19.9 Å². The fourth-order valence-electron chi connectivity index (χ4n) is 1.60. The van der Waals surface area contributed by atoms with Gasteiger partial charge in [-0.25, -0.2) is 0 Å². The number of nitrogens with one attached hydrogen (secondary N) is 2. The molecular formula is C14H21N3O2. The number of amides is 2. The second kappa shape index (κ2) is 7.53. The van der Waals surface area contributed by atoms with E-state index in [9.17, 15) is 9.59 Å². The lowest BCUT2D eigenvalue weighted by Crippen LogP contribution is -2.22. The van der Waals surface area contributed by atoms with Crippen LogP contribution in [0.1, 0.15) is 31.7 Å². The molecule has 0 atom stereocenters. The van der Waals surface area contributed by atoms with Gasteiger partial charge in [0.05, 0.1) is 6.54 Å². The van der Waals surface area contributed by atoms with Crippen LogP contribution in [0.5, 0.6) is 0 Å². The van der Waals surface area contributed by atoms with Crippen LogP contribution in [0.25, 0.3) is 0 Å². The molecule has 1 rings (SSSR count). The summed E-state index contributed by atoms with van der Waals surface area (Å²) in [5.74, 6) is -0.264. The normalized spacial score (nSPS) is 10.1. The molecule has 0 spiro atoms. The van der Waals surface area contributed by atoms with Crippen molar-refractivity contribution in [3.8, 4) is 0 Å². The van der Waals surface area contributed by atoms with Crippen molar-refractivity contribution in [2.24, 2.45) is 5.73 Å². The highest BCUT2D eigenvalue weighted by atomic mass is 16.2. The molecule has 4 N–H and O–H groups in total. The Hall–Kier alpha value is -1.88. The molecule has 0 saturated heterocycles. The predicted molar refractivity (Wildman–Crippen MR) is 77.0 cm³/mol. The van der Waals surface area contributed by atoms with Crippen molar-refractivity contribution >= 4 is 23.2 Å². The van der Waals surface area contributed by atoms with Gasteiger partial charge in [-0.3, -0.25) is 9.59 Å². The highest BCUT2D eigenvalue weighted by Gasteiger charge is 2.06. The van der Waals surface area contributed by atoms with Gasteiger partial charge in [0.2, 0.25) is 11.8 Å². The molecule has 0 aliphatic carbocycles. The average molecular weight is 263 g/mol. The minimum atomic E-state index is -0.257. The summed E-state index contributed by atoms with van der Waals surface area (Å²) in [6, 6.07) is 5.37. The molecule has 0 radical (unpaired) electrons. The van der Waals surface area contributed by atoms with E-state index in [4.69, 9.17) is 5.73 Å². The third-order valence-electron chi connectivity index (χ3n) is 2.74. The standard InChI is InChI=1S/C14H21N3O2/c1-3-4-5-13(18)17-12-8-11(7-6-10(12)2)16-14(19)9-15/h6-8H,3-5,9,15H2,1-2H3,(H,16,19)(H,17,18). The maximum absolute atomic E-state index is 11.7. The molecule has 19 heavy (non-hydrogen) atoms. The van der Waals surface area contributed by atoms with Crippen LogP contribution in [-0.4, -0.2) is 18.4 Å². The second-order valence-electron chi connectivity index (χ2n) is 4.43. The van der Waals surface area contributed by atoms with E-state index < -0.39 is 0 Å². The Morgan fingerprint density at radius 3 is 2.58 bits per heavy atom. The van der Waals surface area contributed by atoms with E-state index in [0.717, 1.165) is 24.1 Å². The van der Waals surface area contributed by atoms with Gasteiger partial charge in [-0.05, 0) is 31.0 Å². The van der Waals surface area contributed by atoms with Crippen LogP contribution in [0.3, 0.4) is 0 Å². The Bertz CT molecular complexity index is 458. The van der Waals surface area contributed by atoms with Crippen molar-refractivity contribution in [2.45, 2.75) is 33.1 Å². The van der Waals surface area contributed by atoms with Crippen LogP contribution in [0.15, 0.2) is 18.2 Å². The third kappa shape index (κ3) is 5.09. The quantitative estimate of drug-likeness (QED) is 0.734. The number of nitrogens with two attached hydrogens (primary N) is 1. The molecule has 5 nitrogen and oxygen atoms in total. The Labute approximate surface area is 113 Å². The van der Waals surface area contributed by atoms with Crippen molar-refractivity contribution in [3.05, 3.63) is 23.8 Å². The van der Waals surface area contributed by atoms with Gasteiger partial charge in [0.15, 0.2) is 0 Å². The molecule has 0 fully saturated rings. The molecule has 0 heterocycles. The summed E-state index contributed by atoms with van der Waals surface area (Å²) in [5, 5.41) is 5.52. The fourth-order valence-corrected chi connectivity index (χ4v) is 1.60. The van der Waals surface area contributed by atoms with Gasteiger partial charge in [-0.1, -0.05) is 19.4 Å². The Morgan fingerprint density at radius 2 is 1.95 bits per heavy atom. The smallest absolute Gasteiger partial charge is 0.238 e. The Kier molecular flexibility index (Phi) is 6.02. The van der Waals surface area contributed by atoms with Gasteiger partial charge in [0.25, 0.3) is 0 Å². The maximum Gasteiger partial charge on any atom is 0.238 e. The van der Waals surface area contributed by atoms with Gasteiger partial charge in [-0.2, -0.15) is 0 Å². The molecule has 2 amide bonds. The topological polar surface area (TPSA) is 84.2 Å². The number of carbonyl (C=O) groups excluding carboxylic acids is 2. The van der Waals surface area contributed by atoms with Crippen molar-refractivity contribution < 1.29 is 9.59 Å². The van der Waals surface area contributed by atoms with Crippen LogP contribution in [0.4, 0.5) is 11.4 Å². The molecule has 0 aliphatic heterocycles. The van der Waals surface area contributed by atoms with E-state index in [2.05, 4.69) is 10.6 Å². The average Bonchev–Trinajstić information content (AvgIpc) is 2.40. The molecule has 1 aromatic carbocycles. The fraction of sp³-hybridized carbons (Fsp3) is 0.429. The summed E-state index contributed by atoms with van der Waals surface area (Å²) in [5.41, 5.74) is 7.55. The minimum absolute atomic E-state index is 0.00717. The summed E-state index contributed by atoms with van der Waals surface area (Å²) in [6.07, 6.45) is 2.36. The van der Waals surface area contributed by atoms with Crippen molar-refractivity contribution in [1.29, 1.82) is 0 Å². The molecule has 104 valence electrons. The lowest BCUT2D eigenvalue weighted by atomic mass is 10.1. The van der Waals surface area contributed by atoms with E-state index in [-0.39, 0.29) is 18.4 Å². The van der Waals surface area contributed by atoms with Gasteiger partial charge in [-0.15, -0.1) is 0 Å². The van der Waals surface area contributed by atoms with Gasteiger partial charge in [0.1, 0.15) is 0 Å². The van der Waals surface area contributed by atoms with Gasteiger partial charge >= 0.3 is 0 Å². The van der Waals surface area contributed by atoms with E-state index in [1.165, 1.54) is 0 Å². The van der Waals surface area contributed by atoms with E-state index in [0.29, 0.717) is 12.1 Å². The van der Waals surface area contributed by atoms with Crippen LogP contribution in [-0.2, 0) is 9.59 Å². The number of unbranched alkanes of at least 4 members (excludes halogenated alkanes) is 1. The molecule has 0 aliphatic rings. The molecule has 0 bridgehead atoms. The number of rotatable bonds is 6. The predicted octanol–water partition coefficient (Wildman–Crippen LogP) is 2.02. The monoisotopic (exact) mass is 263 g/mol. The number of hydrogen-bond acceptors (Lipinski definition) is 3. The summed E-state index contributed by atoms with van der Waals surface area (Å²) in [6.45, 7) is 3.89. The number of anilines is 2. The zero-order chi connectivity index (χ0) is 14.3. The first kappa shape index (κ1) is 15.2. The Morgan fingerprint density at radius 1 is 1.21 bits per heavy atom. The number of carbonyl (C=O) groups is 2. The largest absolute Gasteiger partial charge is 0.326 e. The lowest BCUT2D eigenvalue weighted by molar-refractivity contribution is -0.116. The maximum atomic E-state index is 11.7. The highest BCUT2D eigenvalue weighted by molar-refractivity contribution is 5.95. The summed E-state index contributed by atoms with van der Waals surface area (Å²) in [4.78, 5) is 22.9. The third-order valence-corrected chi connectivity index (χ3v) is 2.74. The highest BCUT2D eigenvalue weighted by Crippen LogP contribution is 2.20. The van der Waals surface area contributed by atoms with E-state index >= 15 is 0 Å². The first-order valence-electron chi connectivity index (χ1n) is 6.47. The lowest BCUT2D eigenvalue weighted by Gasteiger charge is -2.11. The summed E-state index contributed by atoms with van der Waals surface area (Å²) >= 11 is 0. The van der Waals surface area contributed by atoms with Crippen LogP contribution in [0, 0.1) is 6.92 Å². The number of aryl methyl sites for hydroxylation is 1. The molecule has 0 unspecified atom stereocenters. The summed E-state index contributed by atoms with van der Waals surface area (Å²) < 4.78 is 0. The number of hydrogen-bond donors (Lipinski definition) is 3. The van der Waals surface area contributed by atoms with Crippen molar-refractivity contribution in [2.75, 3.05) is 17.2 Å². The van der Waals surface area contributed by atoms with E-state index in [1.54, 1.807) is 12.1 Å². The molecular weight excluding hydrogens is 242 g/mol.